The van der Waals surface area contributed by atoms with Crippen molar-refractivity contribution in [2.24, 2.45) is 0 Å². The number of alkyl halides is 1. The molecule has 0 nitrogen and oxygen atoms in total. The molecule has 0 unspecified atom stereocenters. The van der Waals surface area contributed by atoms with Gasteiger partial charge >= 0.3 is 0 Å². The van der Waals surface area contributed by atoms with Crippen molar-refractivity contribution in [3.05, 3.63) is 59.7 Å². The third kappa shape index (κ3) is 2.84. The van der Waals surface area contributed by atoms with Crippen molar-refractivity contribution in [1.82, 2.24) is 0 Å². The van der Waals surface area contributed by atoms with E-state index in [1.165, 1.54) is 22.3 Å². The van der Waals surface area contributed by atoms with Gasteiger partial charge in [0.15, 0.2) is 0 Å². The predicted octanol–water partition coefficient (Wildman–Crippen LogP) is 5.55. The van der Waals surface area contributed by atoms with Crippen LogP contribution in [0.15, 0.2) is 48.5 Å². The van der Waals surface area contributed by atoms with E-state index < -0.39 is 0 Å². The first kappa shape index (κ1) is 13.4. The summed E-state index contributed by atoms with van der Waals surface area (Å²) in [5.41, 5.74) is 5.52. The van der Waals surface area contributed by atoms with Crippen LogP contribution in [0, 0.1) is 0 Å². The van der Waals surface area contributed by atoms with Crippen LogP contribution in [0.1, 0.15) is 31.9 Å². The van der Waals surface area contributed by atoms with Crippen molar-refractivity contribution in [3.8, 4) is 11.1 Å². The lowest BCUT2D eigenvalue weighted by atomic mass is 9.82. The Balaban J connectivity index is 2.50. The van der Waals surface area contributed by atoms with E-state index in [1.807, 2.05) is 0 Å². The summed E-state index contributed by atoms with van der Waals surface area (Å²) >= 11 is 3.48. The Bertz CT molecular complexity index is 518. The first-order valence-electron chi connectivity index (χ1n) is 6.27. The Kier molecular flexibility index (Phi) is 3.91. The van der Waals surface area contributed by atoms with Crippen LogP contribution < -0.4 is 0 Å². The average Bonchev–Trinajstić information content (AvgIpc) is 2.38. The van der Waals surface area contributed by atoms with Crippen molar-refractivity contribution in [3.63, 3.8) is 0 Å². The van der Waals surface area contributed by atoms with Crippen LogP contribution in [0.4, 0.5) is 0 Å². The lowest BCUT2D eigenvalue weighted by Gasteiger charge is -2.23. The molecule has 1 heteroatoms. The highest BCUT2D eigenvalue weighted by atomic mass is 79.9. The summed E-state index contributed by atoms with van der Waals surface area (Å²) < 4.78 is 0. The van der Waals surface area contributed by atoms with Crippen molar-refractivity contribution in [2.45, 2.75) is 31.5 Å². The second-order valence-electron chi connectivity index (χ2n) is 5.63. The van der Waals surface area contributed by atoms with Gasteiger partial charge < -0.3 is 0 Å². The van der Waals surface area contributed by atoms with Crippen LogP contribution >= 0.6 is 15.9 Å². The molecule has 0 saturated carbocycles. The SMILES string of the molecule is CC(C)(C)c1ccccc1-c1ccc(CBr)cc1. The molecule has 2 aromatic carbocycles. The van der Waals surface area contributed by atoms with Crippen LogP contribution in [-0.4, -0.2) is 0 Å². The molecule has 0 bridgehead atoms. The number of rotatable bonds is 2. The summed E-state index contributed by atoms with van der Waals surface area (Å²) in [7, 11) is 0. The maximum Gasteiger partial charge on any atom is 0.0283 e. The Morgan fingerprint density at radius 3 is 2.06 bits per heavy atom. The van der Waals surface area contributed by atoms with E-state index in [1.54, 1.807) is 0 Å². The molecule has 0 aliphatic heterocycles. The molecule has 2 aromatic rings. The smallest absolute Gasteiger partial charge is 0.0283 e. The Hall–Kier alpha value is -1.08. The monoisotopic (exact) mass is 302 g/mol. The van der Waals surface area contributed by atoms with Crippen molar-refractivity contribution >= 4 is 15.9 Å². The first-order valence-corrected chi connectivity index (χ1v) is 7.39. The maximum absolute atomic E-state index is 3.48. The second-order valence-corrected chi connectivity index (χ2v) is 6.19. The minimum atomic E-state index is 0.171. The summed E-state index contributed by atoms with van der Waals surface area (Å²) in [6, 6.07) is 17.5. The highest BCUT2D eigenvalue weighted by Gasteiger charge is 2.17. The zero-order valence-corrected chi connectivity index (χ0v) is 12.8. The number of hydrogen-bond acceptors (Lipinski definition) is 0. The van der Waals surface area contributed by atoms with E-state index in [2.05, 4.69) is 85.2 Å². The molecule has 2 rings (SSSR count). The van der Waals surface area contributed by atoms with Crippen molar-refractivity contribution in [1.29, 1.82) is 0 Å². The van der Waals surface area contributed by atoms with Crippen molar-refractivity contribution in [2.75, 3.05) is 0 Å². The van der Waals surface area contributed by atoms with E-state index in [4.69, 9.17) is 0 Å². The summed E-state index contributed by atoms with van der Waals surface area (Å²) in [6.45, 7) is 6.79. The fraction of sp³-hybridized carbons (Fsp3) is 0.294. The van der Waals surface area contributed by atoms with Gasteiger partial charge in [-0.25, -0.2) is 0 Å². The molecule has 18 heavy (non-hydrogen) atoms. The Morgan fingerprint density at radius 1 is 0.889 bits per heavy atom. The maximum atomic E-state index is 3.48. The second kappa shape index (κ2) is 5.27. The van der Waals surface area contributed by atoms with E-state index in [0.29, 0.717) is 0 Å². The zero-order chi connectivity index (χ0) is 13.2. The lowest BCUT2D eigenvalue weighted by Crippen LogP contribution is -2.12. The van der Waals surface area contributed by atoms with Gasteiger partial charge in [-0.05, 0) is 27.7 Å². The standard InChI is InChI=1S/C17H19Br/c1-17(2,3)16-7-5-4-6-15(16)14-10-8-13(12-18)9-11-14/h4-11H,12H2,1-3H3. The molecule has 0 aliphatic carbocycles. The first-order chi connectivity index (χ1) is 8.52. The van der Waals surface area contributed by atoms with Gasteiger partial charge in [-0.15, -0.1) is 0 Å². The zero-order valence-electron chi connectivity index (χ0n) is 11.2. The molecule has 0 amide bonds. The van der Waals surface area contributed by atoms with Gasteiger partial charge in [0.05, 0.1) is 0 Å². The molecule has 0 aliphatic rings. The van der Waals surface area contributed by atoms with E-state index in [9.17, 15) is 0 Å². The number of benzene rings is 2. The third-order valence-corrected chi connectivity index (χ3v) is 3.80. The summed E-state index contributed by atoms with van der Waals surface area (Å²) in [4.78, 5) is 0. The summed E-state index contributed by atoms with van der Waals surface area (Å²) in [5.74, 6) is 0. The van der Waals surface area contributed by atoms with Crippen LogP contribution in [-0.2, 0) is 10.7 Å². The highest BCUT2D eigenvalue weighted by molar-refractivity contribution is 9.08. The largest absolute Gasteiger partial charge is 0.0876 e. The van der Waals surface area contributed by atoms with Gasteiger partial charge in [0.1, 0.15) is 0 Å². The van der Waals surface area contributed by atoms with Crippen LogP contribution in [0.5, 0.6) is 0 Å². The van der Waals surface area contributed by atoms with E-state index in [0.717, 1.165) is 5.33 Å². The van der Waals surface area contributed by atoms with Gasteiger partial charge in [0.2, 0.25) is 0 Å². The highest BCUT2D eigenvalue weighted by Crippen LogP contribution is 2.32. The summed E-state index contributed by atoms with van der Waals surface area (Å²) in [6.07, 6.45) is 0. The van der Waals surface area contributed by atoms with E-state index in [-0.39, 0.29) is 5.41 Å². The van der Waals surface area contributed by atoms with E-state index >= 15 is 0 Å². The van der Waals surface area contributed by atoms with Gasteiger partial charge in [0.25, 0.3) is 0 Å². The summed E-state index contributed by atoms with van der Waals surface area (Å²) in [5, 5.41) is 0.911. The molecule has 0 heterocycles. The van der Waals surface area contributed by atoms with Gasteiger partial charge in [-0.1, -0.05) is 85.2 Å². The van der Waals surface area contributed by atoms with Gasteiger partial charge in [-0.2, -0.15) is 0 Å². The lowest BCUT2D eigenvalue weighted by molar-refractivity contribution is 0.592. The van der Waals surface area contributed by atoms with Gasteiger partial charge in [0, 0.05) is 5.33 Å². The Morgan fingerprint density at radius 2 is 1.50 bits per heavy atom. The predicted molar refractivity (Wildman–Crippen MR) is 83.2 cm³/mol. The van der Waals surface area contributed by atoms with Crippen LogP contribution in [0.3, 0.4) is 0 Å². The molecular weight excluding hydrogens is 284 g/mol. The fourth-order valence-corrected chi connectivity index (χ4v) is 2.54. The van der Waals surface area contributed by atoms with Crippen molar-refractivity contribution < 1.29 is 0 Å². The molecule has 0 aromatic heterocycles. The average molecular weight is 303 g/mol. The molecule has 0 atom stereocenters. The minimum absolute atomic E-state index is 0.171. The van der Waals surface area contributed by atoms with Gasteiger partial charge in [-0.3, -0.25) is 0 Å². The minimum Gasteiger partial charge on any atom is -0.0876 e. The van der Waals surface area contributed by atoms with Crippen LogP contribution in [0.25, 0.3) is 11.1 Å². The topological polar surface area (TPSA) is 0 Å². The number of halogens is 1. The van der Waals surface area contributed by atoms with Crippen LogP contribution in [0.2, 0.25) is 0 Å². The third-order valence-electron chi connectivity index (χ3n) is 3.15. The Labute approximate surface area is 118 Å². The molecule has 0 fully saturated rings. The molecule has 0 spiro atoms. The molecular formula is C17H19Br. The molecule has 0 N–H and O–H groups in total. The molecule has 94 valence electrons. The normalized spacial score (nSPS) is 11.6. The number of hydrogen-bond donors (Lipinski definition) is 0. The molecule has 0 saturated heterocycles. The molecule has 0 radical (unpaired) electrons. The quantitative estimate of drug-likeness (QED) is 0.638. The fourth-order valence-electron chi connectivity index (χ4n) is 2.16.